The number of esters is 1. The summed E-state index contributed by atoms with van der Waals surface area (Å²) in [4.78, 5) is 10.8. The molecular formula is C11H17ClO2. The Kier molecular flexibility index (Phi) is 5.02. The maximum absolute atomic E-state index is 10.8. The fourth-order valence-electron chi connectivity index (χ4n) is 1.67. The first-order valence-corrected chi connectivity index (χ1v) is 5.59. The number of hydrogen-bond acceptors (Lipinski definition) is 2. The molecule has 3 heteroatoms. The van der Waals surface area contributed by atoms with Gasteiger partial charge in [0.1, 0.15) is 6.10 Å². The third-order valence-electron chi connectivity index (χ3n) is 2.34. The predicted molar refractivity (Wildman–Crippen MR) is 57.2 cm³/mol. The summed E-state index contributed by atoms with van der Waals surface area (Å²) in [6, 6.07) is 0. The van der Waals surface area contributed by atoms with Gasteiger partial charge in [-0.25, -0.2) is 0 Å². The van der Waals surface area contributed by atoms with Gasteiger partial charge < -0.3 is 4.74 Å². The van der Waals surface area contributed by atoms with Crippen molar-refractivity contribution in [1.29, 1.82) is 0 Å². The second-order valence-corrected chi connectivity index (χ2v) is 4.20. The molecule has 14 heavy (non-hydrogen) atoms. The summed E-state index contributed by atoms with van der Waals surface area (Å²) in [6.07, 6.45) is 8.26. The molecule has 2 nitrogen and oxygen atoms in total. The van der Waals surface area contributed by atoms with Crippen LogP contribution in [0, 0.1) is 0 Å². The summed E-state index contributed by atoms with van der Waals surface area (Å²) in [5.74, 6) is -0.227. The number of rotatable bonds is 1. The summed E-state index contributed by atoms with van der Waals surface area (Å²) in [5.41, 5.74) is 0. The SMILES string of the molecule is CC(=O)OC1/C=C(/Cl)CCCCCC1. The van der Waals surface area contributed by atoms with Gasteiger partial charge in [0, 0.05) is 12.0 Å². The number of ether oxygens (including phenoxy) is 1. The van der Waals surface area contributed by atoms with Gasteiger partial charge in [0.25, 0.3) is 0 Å². The van der Waals surface area contributed by atoms with Crippen LogP contribution in [0.4, 0.5) is 0 Å². The van der Waals surface area contributed by atoms with Gasteiger partial charge in [-0.05, 0) is 31.8 Å². The number of carbonyl (C=O) groups is 1. The Bertz CT molecular complexity index is 223. The zero-order valence-corrected chi connectivity index (χ0v) is 9.35. The van der Waals surface area contributed by atoms with E-state index < -0.39 is 0 Å². The summed E-state index contributed by atoms with van der Waals surface area (Å²) in [7, 11) is 0. The fraction of sp³-hybridized carbons (Fsp3) is 0.727. The molecule has 0 heterocycles. The minimum atomic E-state index is -0.227. The van der Waals surface area contributed by atoms with Crippen molar-refractivity contribution in [2.45, 2.75) is 51.6 Å². The van der Waals surface area contributed by atoms with E-state index in [0.717, 1.165) is 30.7 Å². The second kappa shape index (κ2) is 6.07. The summed E-state index contributed by atoms with van der Waals surface area (Å²) < 4.78 is 5.15. The largest absolute Gasteiger partial charge is 0.458 e. The normalized spacial score (nSPS) is 27.9. The Balaban J connectivity index is 2.54. The lowest BCUT2D eigenvalue weighted by molar-refractivity contribution is -0.144. The van der Waals surface area contributed by atoms with E-state index in [9.17, 15) is 4.79 Å². The van der Waals surface area contributed by atoms with Crippen LogP contribution in [0.3, 0.4) is 0 Å². The first-order valence-electron chi connectivity index (χ1n) is 5.22. The van der Waals surface area contributed by atoms with Crippen LogP contribution in [0.1, 0.15) is 45.4 Å². The smallest absolute Gasteiger partial charge is 0.303 e. The second-order valence-electron chi connectivity index (χ2n) is 3.71. The van der Waals surface area contributed by atoms with Gasteiger partial charge in [0.2, 0.25) is 0 Å². The molecule has 0 radical (unpaired) electrons. The van der Waals surface area contributed by atoms with E-state index in [-0.39, 0.29) is 12.1 Å². The molecule has 0 N–H and O–H groups in total. The van der Waals surface area contributed by atoms with Crippen LogP contribution in [0.25, 0.3) is 0 Å². The number of hydrogen-bond donors (Lipinski definition) is 0. The van der Waals surface area contributed by atoms with Crippen molar-refractivity contribution in [2.75, 3.05) is 0 Å². The highest BCUT2D eigenvalue weighted by molar-refractivity contribution is 6.29. The fourth-order valence-corrected chi connectivity index (χ4v) is 1.94. The Morgan fingerprint density at radius 1 is 1.43 bits per heavy atom. The molecule has 0 aromatic heterocycles. The van der Waals surface area contributed by atoms with Gasteiger partial charge in [0.05, 0.1) is 0 Å². The lowest BCUT2D eigenvalue weighted by Gasteiger charge is -2.12. The van der Waals surface area contributed by atoms with Gasteiger partial charge in [-0.2, -0.15) is 0 Å². The molecule has 0 amide bonds. The van der Waals surface area contributed by atoms with Gasteiger partial charge in [-0.3, -0.25) is 4.79 Å². The zero-order valence-electron chi connectivity index (χ0n) is 8.59. The van der Waals surface area contributed by atoms with Gasteiger partial charge in [-0.1, -0.05) is 24.4 Å². The molecule has 0 aliphatic heterocycles. The van der Waals surface area contributed by atoms with Crippen molar-refractivity contribution in [3.8, 4) is 0 Å². The molecule has 1 atom stereocenters. The molecule has 80 valence electrons. The Labute approximate surface area is 90.3 Å². The van der Waals surface area contributed by atoms with Gasteiger partial charge >= 0.3 is 5.97 Å². The third kappa shape index (κ3) is 4.66. The van der Waals surface area contributed by atoms with E-state index in [0.29, 0.717) is 0 Å². The highest BCUT2D eigenvalue weighted by Gasteiger charge is 2.11. The van der Waals surface area contributed by atoms with E-state index in [1.165, 1.54) is 19.8 Å². The predicted octanol–water partition coefficient (Wildman–Crippen LogP) is 3.40. The molecule has 1 aliphatic carbocycles. The Morgan fingerprint density at radius 3 is 2.86 bits per heavy atom. The molecule has 1 rings (SSSR count). The molecule has 0 spiro atoms. The quantitative estimate of drug-likeness (QED) is 0.628. The highest BCUT2D eigenvalue weighted by Crippen LogP contribution is 2.21. The molecule has 0 aromatic rings. The van der Waals surface area contributed by atoms with Crippen LogP contribution in [0.5, 0.6) is 0 Å². The van der Waals surface area contributed by atoms with E-state index in [1.54, 1.807) is 0 Å². The lowest BCUT2D eigenvalue weighted by atomic mass is 10.1. The molecule has 1 unspecified atom stereocenters. The van der Waals surface area contributed by atoms with Crippen molar-refractivity contribution in [1.82, 2.24) is 0 Å². The summed E-state index contributed by atoms with van der Waals surface area (Å²) in [6.45, 7) is 1.44. The van der Waals surface area contributed by atoms with Crippen LogP contribution in [-0.4, -0.2) is 12.1 Å². The van der Waals surface area contributed by atoms with Crippen molar-refractivity contribution in [3.63, 3.8) is 0 Å². The van der Waals surface area contributed by atoms with Crippen LogP contribution in [0.2, 0.25) is 0 Å². The molecule has 0 fully saturated rings. The summed E-state index contributed by atoms with van der Waals surface area (Å²) >= 11 is 6.01. The van der Waals surface area contributed by atoms with Gasteiger partial charge in [0.15, 0.2) is 0 Å². The average Bonchev–Trinajstić information content (AvgIpc) is 2.16. The van der Waals surface area contributed by atoms with Gasteiger partial charge in [-0.15, -0.1) is 0 Å². The summed E-state index contributed by atoms with van der Waals surface area (Å²) in [5, 5.41) is 0.832. The minimum absolute atomic E-state index is 0.113. The molecule has 0 saturated carbocycles. The van der Waals surface area contributed by atoms with E-state index in [1.807, 2.05) is 6.08 Å². The minimum Gasteiger partial charge on any atom is -0.458 e. The molecule has 0 saturated heterocycles. The van der Waals surface area contributed by atoms with E-state index >= 15 is 0 Å². The lowest BCUT2D eigenvalue weighted by Crippen LogP contribution is -2.13. The monoisotopic (exact) mass is 216 g/mol. The maximum atomic E-state index is 10.8. The van der Waals surface area contributed by atoms with Crippen LogP contribution in [-0.2, 0) is 9.53 Å². The Morgan fingerprint density at radius 2 is 2.14 bits per heavy atom. The van der Waals surface area contributed by atoms with E-state index in [2.05, 4.69) is 0 Å². The first-order chi connectivity index (χ1) is 6.68. The zero-order chi connectivity index (χ0) is 10.4. The van der Waals surface area contributed by atoms with Crippen LogP contribution < -0.4 is 0 Å². The molecular weight excluding hydrogens is 200 g/mol. The molecule has 0 bridgehead atoms. The maximum Gasteiger partial charge on any atom is 0.303 e. The number of halogens is 1. The number of allylic oxidation sites excluding steroid dienone is 1. The number of carbonyl (C=O) groups excluding carboxylic acids is 1. The van der Waals surface area contributed by atoms with Crippen molar-refractivity contribution >= 4 is 17.6 Å². The van der Waals surface area contributed by atoms with Crippen LogP contribution in [0.15, 0.2) is 11.1 Å². The van der Waals surface area contributed by atoms with Crippen LogP contribution >= 0.6 is 11.6 Å². The van der Waals surface area contributed by atoms with Crippen molar-refractivity contribution in [3.05, 3.63) is 11.1 Å². The highest BCUT2D eigenvalue weighted by atomic mass is 35.5. The van der Waals surface area contributed by atoms with Crippen molar-refractivity contribution < 1.29 is 9.53 Å². The first kappa shape index (κ1) is 11.6. The molecule has 1 aliphatic rings. The standard InChI is InChI=1S/C11H17ClO2/c1-9(13)14-11-7-5-3-2-4-6-10(12)8-11/h8,11H,2-7H2,1H3/b10-8+. The average molecular weight is 217 g/mol. The third-order valence-corrected chi connectivity index (χ3v) is 2.65. The topological polar surface area (TPSA) is 26.3 Å². The van der Waals surface area contributed by atoms with E-state index in [4.69, 9.17) is 16.3 Å². The molecule has 0 aromatic carbocycles. The van der Waals surface area contributed by atoms with Crippen molar-refractivity contribution in [2.24, 2.45) is 0 Å². The Hall–Kier alpha value is -0.500.